The summed E-state index contributed by atoms with van der Waals surface area (Å²) in [6.07, 6.45) is 0. The Morgan fingerprint density at radius 3 is 2.43 bits per heavy atom. The number of hydrogen-bond donors (Lipinski definition) is 2. The van der Waals surface area contributed by atoms with Crippen molar-refractivity contribution in [3.8, 4) is 5.75 Å². The van der Waals surface area contributed by atoms with Crippen molar-refractivity contribution >= 4 is 5.84 Å². The summed E-state index contributed by atoms with van der Waals surface area (Å²) in [6.45, 7) is 12.1. The molecule has 0 bridgehead atoms. The molecule has 0 aliphatic carbocycles. The Morgan fingerprint density at radius 2 is 1.90 bits per heavy atom. The predicted octanol–water partition coefficient (Wildman–Crippen LogP) is 2.59. The summed E-state index contributed by atoms with van der Waals surface area (Å²) in [6, 6.07) is 6.56. The van der Waals surface area contributed by atoms with Crippen molar-refractivity contribution in [1.82, 2.24) is 4.90 Å². The summed E-state index contributed by atoms with van der Waals surface area (Å²) in [4.78, 5) is 2.36. The van der Waals surface area contributed by atoms with Crippen LogP contribution in [0.3, 0.4) is 0 Å². The first-order valence-corrected chi connectivity index (χ1v) is 7.34. The second-order valence-electron chi connectivity index (χ2n) is 5.76. The topological polar surface area (TPSA) is 71.1 Å². The second kappa shape index (κ2) is 7.88. The summed E-state index contributed by atoms with van der Waals surface area (Å²) in [5, 5.41) is 11.9. The molecule has 1 aromatic rings. The van der Waals surface area contributed by atoms with Crippen molar-refractivity contribution < 1.29 is 9.94 Å². The monoisotopic (exact) mass is 293 g/mol. The van der Waals surface area contributed by atoms with Crippen LogP contribution in [-0.2, 0) is 0 Å². The summed E-state index contributed by atoms with van der Waals surface area (Å²) in [5.41, 5.74) is 7.37. The predicted molar refractivity (Wildman–Crippen MR) is 86.2 cm³/mol. The molecule has 1 aromatic carbocycles. The Labute approximate surface area is 127 Å². The lowest BCUT2D eigenvalue weighted by molar-refractivity contribution is 0.142. The van der Waals surface area contributed by atoms with E-state index in [0.717, 1.165) is 12.1 Å². The highest BCUT2D eigenvalue weighted by molar-refractivity contribution is 5.99. The van der Waals surface area contributed by atoms with Crippen molar-refractivity contribution in [2.45, 2.75) is 46.7 Å². The zero-order valence-corrected chi connectivity index (χ0v) is 13.6. The molecule has 0 saturated carbocycles. The number of oxime groups is 1. The fraction of sp³-hybridized carbons (Fsp3) is 0.562. The van der Waals surface area contributed by atoms with Gasteiger partial charge in [0, 0.05) is 18.6 Å². The smallest absolute Gasteiger partial charge is 0.173 e. The van der Waals surface area contributed by atoms with E-state index in [1.165, 1.54) is 0 Å². The van der Waals surface area contributed by atoms with Gasteiger partial charge in [0.1, 0.15) is 12.4 Å². The average molecular weight is 293 g/mol. The third-order valence-electron chi connectivity index (χ3n) is 3.45. The molecule has 21 heavy (non-hydrogen) atoms. The summed E-state index contributed by atoms with van der Waals surface area (Å²) in [5.74, 6) is 0.715. The van der Waals surface area contributed by atoms with Gasteiger partial charge in [-0.2, -0.15) is 0 Å². The van der Waals surface area contributed by atoms with Gasteiger partial charge < -0.3 is 15.7 Å². The van der Waals surface area contributed by atoms with E-state index in [9.17, 15) is 0 Å². The molecular weight excluding hydrogens is 266 g/mol. The van der Waals surface area contributed by atoms with Crippen molar-refractivity contribution in [3.05, 3.63) is 29.3 Å². The third kappa shape index (κ3) is 4.93. The lowest BCUT2D eigenvalue weighted by Gasteiger charge is -2.30. The molecule has 1 rings (SSSR count). The van der Waals surface area contributed by atoms with Gasteiger partial charge in [-0.15, -0.1) is 0 Å². The molecule has 118 valence electrons. The van der Waals surface area contributed by atoms with Gasteiger partial charge in [0.2, 0.25) is 0 Å². The van der Waals surface area contributed by atoms with Crippen LogP contribution in [0.15, 0.2) is 23.4 Å². The van der Waals surface area contributed by atoms with E-state index in [0.29, 0.717) is 30.0 Å². The second-order valence-corrected chi connectivity index (χ2v) is 5.76. The average Bonchev–Trinajstić information content (AvgIpc) is 2.42. The van der Waals surface area contributed by atoms with E-state index >= 15 is 0 Å². The molecule has 0 aliphatic heterocycles. The minimum Gasteiger partial charge on any atom is -0.491 e. The summed E-state index contributed by atoms with van der Waals surface area (Å²) >= 11 is 0. The fourth-order valence-corrected chi connectivity index (χ4v) is 2.39. The molecule has 0 aliphatic rings. The molecule has 0 atom stereocenters. The number of ether oxygens (including phenoxy) is 1. The van der Waals surface area contributed by atoms with Crippen molar-refractivity contribution in [2.24, 2.45) is 10.9 Å². The first kappa shape index (κ1) is 17.3. The highest BCUT2D eigenvalue weighted by Crippen LogP contribution is 2.20. The van der Waals surface area contributed by atoms with Crippen LogP contribution in [0.5, 0.6) is 5.75 Å². The van der Waals surface area contributed by atoms with Crippen LogP contribution in [-0.4, -0.2) is 41.2 Å². The molecule has 0 heterocycles. The highest BCUT2D eigenvalue weighted by Gasteiger charge is 2.14. The van der Waals surface area contributed by atoms with Crippen molar-refractivity contribution in [2.75, 3.05) is 13.2 Å². The van der Waals surface area contributed by atoms with E-state index in [2.05, 4.69) is 37.8 Å². The molecule has 0 fully saturated rings. The van der Waals surface area contributed by atoms with Crippen LogP contribution in [0, 0.1) is 6.92 Å². The SMILES string of the molecule is Cc1ccc(/C(N)=N/O)c(OCCN(C(C)C)C(C)C)c1. The summed E-state index contributed by atoms with van der Waals surface area (Å²) in [7, 11) is 0. The lowest BCUT2D eigenvalue weighted by Crippen LogP contribution is -2.39. The quantitative estimate of drug-likeness (QED) is 0.351. The van der Waals surface area contributed by atoms with E-state index in [1.807, 2.05) is 25.1 Å². The van der Waals surface area contributed by atoms with Crippen LogP contribution in [0.4, 0.5) is 0 Å². The first-order chi connectivity index (χ1) is 9.86. The summed E-state index contributed by atoms with van der Waals surface area (Å²) < 4.78 is 5.86. The van der Waals surface area contributed by atoms with Crippen molar-refractivity contribution in [3.63, 3.8) is 0 Å². The van der Waals surface area contributed by atoms with E-state index in [-0.39, 0.29) is 5.84 Å². The standard InChI is InChI=1S/C16H27N3O2/c1-11(2)19(12(3)4)8-9-21-15-10-13(5)6-7-14(15)16(17)18-20/h6-7,10-12,20H,8-9H2,1-5H3,(H2,17,18). The zero-order valence-electron chi connectivity index (χ0n) is 13.6. The fourth-order valence-electron chi connectivity index (χ4n) is 2.39. The number of aryl methyl sites for hydroxylation is 1. The number of benzene rings is 1. The molecule has 0 saturated heterocycles. The molecule has 0 unspecified atom stereocenters. The van der Waals surface area contributed by atoms with E-state index in [4.69, 9.17) is 15.7 Å². The highest BCUT2D eigenvalue weighted by atomic mass is 16.5. The number of nitrogens with zero attached hydrogens (tertiary/aromatic N) is 2. The van der Waals surface area contributed by atoms with E-state index < -0.39 is 0 Å². The zero-order chi connectivity index (χ0) is 16.0. The molecule has 0 aromatic heterocycles. The molecule has 5 heteroatoms. The number of amidine groups is 1. The Morgan fingerprint density at radius 1 is 1.29 bits per heavy atom. The molecule has 0 spiro atoms. The molecule has 3 N–H and O–H groups in total. The number of hydrogen-bond acceptors (Lipinski definition) is 4. The molecule has 0 amide bonds. The van der Waals surface area contributed by atoms with Gasteiger partial charge >= 0.3 is 0 Å². The third-order valence-corrected chi connectivity index (χ3v) is 3.45. The van der Waals surface area contributed by atoms with E-state index in [1.54, 1.807) is 0 Å². The van der Waals surface area contributed by atoms with Gasteiger partial charge in [0.15, 0.2) is 5.84 Å². The minimum atomic E-state index is 0.0644. The Hall–Kier alpha value is -1.75. The Balaban J connectivity index is 2.77. The maximum absolute atomic E-state index is 8.84. The normalized spacial score (nSPS) is 12.5. The molecule has 5 nitrogen and oxygen atoms in total. The van der Waals surface area contributed by atoms with Crippen LogP contribution < -0.4 is 10.5 Å². The Kier molecular flexibility index (Phi) is 6.49. The van der Waals surface area contributed by atoms with Crippen LogP contribution in [0.1, 0.15) is 38.8 Å². The van der Waals surface area contributed by atoms with Gasteiger partial charge in [0.25, 0.3) is 0 Å². The van der Waals surface area contributed by atoms with Crippen LogP contribution >= 0.6 is 0 Å². The molecule has 0 radical (unpaired) electrons. The first-order valence-electron chi connectivity index (χ1n) is 7.34. The van der Waals surface area contributed by atoms with Gasteiger partial charge in [-0.05, 0) is 52.3 Å². The maximum Gasteiger partial charge on any atom is 0.173 e. The van der Waals surface area contributed by atoms with Gasteiger partial charge in [-0.1, -0.05) is 11.2 Å². The largest absolute Gasteiger partial charge is 0.491 e. The maximum atomic E-state index is 8.84. The van der Waals surface area contributed by atoms with Crippen LogP contribution in [0.25, 0.3) is 0 Å². The van der Waals surface area contributed by atoms with Gasteiger partial charge in [-0.25, -0.2) is 0 Å². The van der Waals surface area contributed by atoms with Gasteiger partial charge in [-0.3, -0.25) is 4.90 Å². The lowest BCUT2D eigenvalue weighted by atomic mass is 10.1. The van der Waals surface area contributed by atoms with Crippen LogP contribution in [0.2, 0.25) is 0 Å². The molecular formula is C16H27N3O2. The number of nitrogens with two attached hydrogens (primary N) is 1. The van der Waals surface area contributed by atoms with Crippen molar-refractivity contribution in [1.29, 1.82) is 0 Å². The minimum absolute atomic E-state index is 0.0644. The Bertz CT molecular complexity index is 476. The van der Waals surface area contributed by atoms with Gasteiger partial charge in [0.05, 0.1) is 5.56 Å². The number of rotatable bonds is 7.